The molecule has 3 aliphatic heterocycles. The number of unbranched alkanes of at least 4 members (excludes halogenated alkanes) is 2. The molecule has 0 spiro atoms. The first-order chi connectivity index (χ1) is 9.88. The molecule has 0 amide bonds. The minimum atomic E-state index is 0.652. The molecule has 3 fully saturated rings. The van der Waals surface area contributed by atoms with Gasteiger partial charge in [-0.3, -0.25) is 0 Å². The Kier molecular flexibility index (Phi) is 4.73. The van der Waals surface area contributed by atoms with E-state index in [9.17, 15) is 0 Å². The number of nitrogens with zero attached hydrogens (tertiary/aromatic N) is 2. The Balaban J connectivity index is 1.57. The Bertz CT molecular complexity index is 437. The van der Waals surface area contributed by atoms with Gasteiger partial charge in [0, 0.05) is 23.4 Å². The number of hydrogen-bond donors (Lipinski definition) is 0. The number of rotatable bonds is 7. The molecular weight excluding hydrogens is 268 g/mol. The summed E-state index contributed by atoms with van der Waals surface area (Å²) < 4.78 is 10.4. The van der Waals surface area contributed by atoms with E-state index in [-0.39, 0.29) is 0 Å². The number of allylic oxidation sites excluding steroid dienone is 1. The lowest BCUT2D eigenvalue weighted by Gasteiger charge is -2.44. The fraction of sp³-hybridized carbons (Fsp3) is 0.688. The van der Waals surface area contributed by atoms with Gasteiger partial charge in [-0.15, -0.1) is 6.58 Å². The summed E-state index contributed by atoms with van der Waals surface area (Å²) in [6.07, 6.45) is 7.99. The Hall–Kier alpha value is -0.870. The summed E-state index contributed by atoms with van der Waals surface area (Å²) in [5.74, 6) is 2.41. The molecule has 1 aromatic heterocycles. The number of aromatic nitrogens is 1. The van der Waals surface area contributed by atoms with E-state index in [2.05, 4.69) is 21.2 Å². The fourth-order valence-corrected chi connectivity index (χ4v) is 4.16. The molecule has 0 radical (unpaired) electrons. The lowest BCUT2D eigenvalue weighted by atomic mass is 9.76. The van der Waals surface area contributed by atoms with Crippen LogP contribution in [0.1, 0.15) is 43.6 Å². The van der Waals surface area contributed by atoms with E-state index in [1.807, 2.05) is 6.08 Å². The number of hydrogen-bond acceptors (Lipinski definition) is 4. The maximum Gasteiger partial charge on any atom is 0.228 e. The molecule has 3 nitrogen and oxygen atoms in total. The van der Waals surface area contributed by atoms with Gasteiger partial charge < -0.3 is 9.64 Å². The van der Waals surface area contributed by atoms with Gasteiger partial charge in [0.1, 0.15) is 0 Å². The third-order valence-corrected chi connectivity index (χ3v) is 5.29. The molecule has 0 aliphatic carbocycles. The molecule has 0 N–H and O–H groups in total. The zero-order valence-electron chi connectivity index (χ0n) is 12.1. The van der Waals surface area contributed by atoms with E-state index in [1.54, 1.807) is 11.5 Å². The van der Waals surface area contributed by atoms with Crippen molar-refractivity contribution in [3.05, 3.63) is 23.6 Å². The summed E-state index contributed by atoms with van der Waals surface area (Å²) in [5.41, 5.74) is 1.37. The molecule has 4 heterocycles. The van der Waals surface area contributed by atoms with Crippen molar-refractivity contribution in [2.75, 3.05) is 26.2 Å². The summed E-state index contributed by atoms with van der Waals surface area (Å²) in [6.45, 7) is 8.31. The second-order valence-electron chi connectivity index (χ2n) is 5.95. The number of fused-ring (bicyclic) bond motifs is 3. The van der Waals surface area contributed by atoms with Crippen molar-refractivity contribution in [3.8, 4) is 5.88 Å². The Labute approximate surface area is 125 Å². The lowest BCUT2D eigenvalue weighted by Crippen LogP contribution is -2.46. The molecular formula is C16H24N2OS. The molecule has 0 aromatic carbocycles. The highest BCUT2D eigenvalue weighted by Crippen LogP contribution is 2.42. The summed E-state index contributed by atoms with van der Waals surface area (Å²) >= 11 is 1.55. The largest absolute Gasteiger partial charge is 0.477 e. The molecule has 4 heteroatoms. The average molecular weight is 292 g/mol. The van der Waals surface area contributed by atoms with Crippen molar-refractivity contribution in [2.24, 2.45) is 5.92 Å². The molecule has 110 valence electrons. The first kappa shape index (κ1) is 14.1. The predicted molar refractivity (Wildman–Crippen MR) is 83.6 cm³/mol. The van der Waals surface area contributed by atoms with E-state index in [4.69, 9.17) is 4.74 Å². The van der Waals surface area contributed by atoms with E-state index < -0.39 is 0 Å². The number of ether oxygens (including phenoxy) is 1. The van der Waals surface area contributed by atoms with Gasteiger partial charge in [0.2, 0.25) is 5.88 Å². The lowest BCUT2D eigenvalue weighted by molar-refractivity contribution is 0.0856. The summed E-state index contributed by atoms with van der Waals surface area (Å²) in [6, 6.07) is 0. The van der Waals surface area contributed by atoms with Crippen molar-refractivity contribution >= 4 is 11.5 Å². The zero-order chi connectivity index (χ0) is 13.8. The van der Waals surface area contributed by atoms with Crippen molar-refractivity contribution in [1.29, 1.82) is 0 Å². The molecule has 0 saturated carbocycles. The smallest absolute Gasteiger partial charge is 0.228 e. The molecule has 4 rings (SSSR count). The summed E-state index contributed by atoms with van der Waals surface area (Å²) in [4.78, 5) is 2.59. The monoisotopic (exact) mass is 292 g/mol. The first-order valence-electron chi connectivity index (χ1n) is 7.79. The minimum Gasteiger partial charge on any atom is -0.477 e. The van der Waals surface area contributed by atoms with Gasteiger partial charge in [-0.2, -0.15) is 4.37 Å². The zero-order valence-corrected chi connectivity index (χ0v) is 12.9. The van der Waals surface area contributed by atoms with Crippen LogP contribution in [0.3, 0.4) is 0 Å². The first-order valence-corrected chi connectivity index (χ1v) is 8.62. The third-order valence-electron chi connectivity index (χ3n) is 4.66. The molecule has 1 atom stereocenters. The van der Waals surface area contributed by atoms with Crippen LogP contribution in [0.2, 0.25) is 0 Å². The van der Waals surface area contributed by atoms with Gasteiger partial charge >= 0.3 is 0 Å². The highest BCUT2D eigenvalue weighted by Gasteiger charge is 2.37. The van der Waals surface area contributed by atoms with E-state index >= 15 is 0 Å². The maximum atomic E-state index is 5.93. The highest BCUT2D eigenvalue weighted by molar-refractivity contribution is 7.03. The van der Waals surface area contributed by atoms with Crippen LogP contribution in [-0.2, 0) is 0 Å². The second kappa shape index (κ2) is 6.72. The van der Waals surface area contributed by atoms with E-state index in [0.29, 0.717) is 5.92 Å². The SMILES string of the molecule is C=CCCCCOc1nscc1C1CN2CCC1CC2. The normalized spacial score (nSPS) is 28.5. The number of piperidine rings is 3. The summed E-state index contributed by atoms with van der Waals surface area (Å²) in [7, 11) is 0. The van der Waals surface area contributed by atoms with Crippen molar-refractivity contribution < 1.29 is 4.74 Å². The van der Waals surface area contributed by atoms with Gasteiger partial charge in [-0.05, 0) is 62.6 Å². The van der Waals surface area contributed by atoms with Crippen LogP contribution in [-0.4, -0.2) is 35.5 Å². The second-order valence-corrected chi connectivity index (χ2v) is 6.58. The Morgan fingerprint density at radius 2 is 2.25 bits per heavy atom. The van der Waals surface area contributed by atoms with Gasteiger partial charge in [0.05, 0.1) is 6.61 Å². The van der Waals surface area contributed by atoms with Gasteiger partial charge in [0.15, 0.2) is 0 Å². The van der Waals surface area contributed by atoms with Gasteiger partial charge in [-0.1, -0.05) is 6.08 Å². The molecule has 1 unspecified atom stereocenters. The van der Waals surface area contributed by atoms with Crippen LogP contribution in [0.15, 0.2) is 18.0 Å². The Morgan fingerprint density at radius 1 is 1.40 bits per heavy atom. The molecule has 3 aliphatic rings. The third kappa shape index (κ3) is 3.07. The molecule has 20 heavy (non-hydrogen) atoms. The minimum absolute atomic E-state index is 0.652. The summed E-state index contributed by atoms with van der Waals surface area (Å²) in [5, 5.41) is 2.21. The molecule has 2 bridgehead atoms. The quantitative estimate of drug-likeness (QED) is 0.566. The van der Waals surface area contributed by atoms with Crippen molar-refractivity contribution in [3.63, 3.8) is 0 Å². The topological polar surface area (TPSA) is 25.4 Å². The van der Waals surface area contributed by atoms with Crippen LogP contribution in [0.4, 0.5) is 0 Å². The predicted octanol–water partition coefficient (Wildman–Crippen LogP) is 3.69. The van der Waals surface area contributed by atoms with Crippen molar-refractivity contribution in [1.82, 2.24) is 9.27 Å². The van der Waals surface area contributed by atoms with Crippen LogP contribution in [0.5, 0.6) is 5.88 Å². The van der Waals surface area contributed by atoms with Crippen LogP contribution in [0.25, 0.3) is 0 Å². The van der Waals surface area contributed by atoms with Crippen LogP contribution < -0.4 is 4.74 Å². The standard InChI is InChI=1S/C16H24N2OS/c1-2-3-4-5-10-19-16-15(12-20-17-16)14-11-18-8-6-13(14)7-9-18/h2,12-14H,1,3-11H2. The van der Waals surface area contributed by atoms with Crippen LogP contribution in [0, 0.1) is 5.92 Å². The van der Waals surface area contributed by atoms with Crippen LogP contribution >= 0.6 is 11.5 Å². The molecule has 3 saturated heterocycles. The maximum absolute atomic E-state index is 5.93. The molecule has 1 aromatic rings. The van der Waals surface area contributed by atoms with E-state index in [0.717, 1.165) is 37.7 Å². The van der Waals surface area contributed by atoms with Crippen molar-refractivity contribution in [2.45, 2.75) is 38.0 Å². The highest BCUT2D eigenvalue weighted by atomic mass is 32.1. The van der Waals surface area contributed by atoms with Gasteiger partial charge in [-0.25, -0.2) is 0 Å². The van der Waals surface area contributed by atoms with Gasteiger partial charge in [0.25, 0.3) is 0 Å². The fourth-order valence-electron chi connectivity index (χ4n) is 3.47. The average Bonchev–Trinajstić information content (AvgIpc) is 2.96. The Morgan fingerprint density at radius 3 is 2.95 bits per heavy atom. The van der Waals surface area contributed by atoms with E-state index in [1.165, 1.54) is 38.0 Å².